The van der Waals surface area contributed by atoms with Crippen molar-refractivity contribution in [3.63, 3.8) is 0 Å². The van der Waals surface area contributed by atoms with Crippen molar-refractivity contribution in [1.29, 1.82) is 0 Å². The van der Waals surface area contributed by atoms with Crippen LogP contribution in [0.3, 0.4) is 0 Å². The molecule has 0 aromatic heterocycles. The first-order valence-electron chi connectivity index (χ1n) is 9.63. The SMILES string of the molecule is CCNC(=O)N(Cc1ccc(OC)c(OS(=O)(=O)c2ccc(F)cc2)c1)C(C)CC. The van der Waals surface area contributed by atoms with Gasteiger partial charge in [-0.25, -0.2) is 9.18 Å². The Morgan fingerprint density at radius 2 is 1.80 bits per heavy atom. The minimum atomic E-state index is -4.19. The van der Waals surface area contributed by atoms with Crippen LogP contribution in [-0.4, -0.2) is 39.0 Å². The number of urea groups is 1. The van der Waals surface area contributed by atoms with Crippen molar-refractivity contribution in [3.8, 4) is 11.5 Å². The summed E-state index contributed by atoms with van der Waals surface area (Å²) in [6, 6.07) is 8.95. The predicted molar refractivity (Wildman–Crippen MR) is 112 cm³/mol. The lowest BCUT2D eigenvalue weighted by Gasteiger charge is -2.29. The summed E-state index contributed by atoms with van der Waals surface area (Å²) in [5.41, 5.74) is 0.673. The van der Waals surface area contributed by atoms with Gasteiger partial charge in [-0.1, -0.05) is 13.0 Å². The van der Waals surface area contributed by atoms with Crippen LogP contribution >= 0.6 is 0 Å². The van der Waals surface area contributed by atoms with Gasteiger partial charge in [-0.05, 0) is 62.2 Å². The van der Waals surface area contributed by atoms with E-state index in [1.54, 1.807) is 17.0 Å². The number of nitrogens with one attached hydrogen (secondary N) is 1. The quantitative estimate of drug-likeness (QED) is 0.600. The molecule has 1 atom stereocenters. The van der Waals surface area contributed by atoms with Crippen LogP contribution in [0.5, 0.6) is 11.5 Å². The lowest BCUT2D eigenvalue weighted by atomic mass is 10.1. The standard InChI is InChI=1S/C21H27FN2O5S/c1-5-15(3)24(21(25)23-6-2)14-16-7-12-19(28-4)20(13-16)29-30(26,27)18-10-8-17(22)9-11-18/h7-13,15H,5-6,14H2,1-4H3,(H,23,25). The van der Waals surface area contributed by atoms with Crippen LogP contribution < -0.4 is 14.2 Å². The molecule has 0 spiro atoms. The molecule has 2 amide bonds. The number of carbonyl (C=O) groups excluding carboxylic acids is 1. The van der Waals surface area contributed by atoms with Crippen molar-refractivity contribution in [2.75, 3.05) is 13.7 Å². The summed E-state index contributed by atoms with van der Waals surface area (Å²) in [6.45, 7) is 6.52. The Morgan fingerprint density at radius 3 is 2.37 bits per heavy atom. The first-order valence-corrected chi connectivity index (χ1v) is 11.0. The molecule has 9 heteroatoms. The molecule has 164 valence electrons. The second-order valence-electron chi connectivity index (χ2n) is 6.70. The second-order valence-corrected chi connectivity index (χ2v) is 8.24. The van der Waals surface area contributed by atoms with Gasteiger partial charge in [-0.3, -0.25) is 0 Å². The molecule has 1 N–H and O–H groups in total. The van der Waals surface area contributed by atoms with Gasteiger partial charge in [0, 0.05) is 19.1 Å². The number of halogens is 1. The highest BCUT2D eigenvalue weighted by Gasteiger charge is 2.22. The third-order valence-electron chi connectivity index (χ3n) is 4.59. The second kappa shape index (κ2) is 10.3. The first kappa shape index (κ1) is 23.5. The van der Waals surface area contributed by atoms with Crippen LogP contribution in [0.15, 0.2) is 47.4 Å². The number of benzene rings is 2. The van der Waals surface area contributed by atoms with Gasteiger partial charge in [0.1, 0.15) is 10.7 Å². The number of hydrogen-bond acceptors (Lipinski definition) is 5. The zero-order valence-electron chi connectivity index (χ0n) is 17.5. The van der Waals surface area contributed by atoms with Crippen molar-refractivity contribution in [1.82, 2.24) is 10.2 Å². The van der Waals surface area contributed by atoms with Crippen LogP contribution in [-0.2, 0) is 16.7 Å². The van der Waals surface area contributed by atoms with Gasteiger partial charge in [-0.2, -0.15) is 8.42 Å². The van der Waals surface area contributed by atoms with Crippen LogP contribution in [0, 0.1) is 5.82 Å². The number of nitrogens with zero attached hydrogens (tertiary/aromatic N) is 1. The first-order chi connectivity index (χ1) is 14.2. The maximum atomic E-state index is 13.1. The summed E-state index contributed by atoms with van der Waals surface area (Å²) in [4.78, 5) is 13.9. The van der Waals surface area contributed by atoms with Crippen LogP contribution in [0.1, 0.15) is 32.8 Å². The molecule has 0 saturated carbocycles. The van der Waals surface area contributed by atoms with Crippen molar-refractivity contribution >= 4 is 16.1 Å². The highest BCUT2D eigenvalue weighted by molar-refractivity contribution is 7.87. The van der Waals surface area contributed by atoms with Crippen LogP contribution in [0.25, 0.3) is 0 Å². The zero-order chi connectivity index (χ0) is 22.3. The Balaban J connectivity index is 2.34. The zero-order valence-corrected chi connectivity index (χ0v) is 18.3. The molecule has 30 heavy (non-hydrogen) atoms. The lowest BCUT2D eigenvalue weighted by molar-refractivity contribution is 0.174. The number of methoxy groups -OCH3 is 1. The van der Waals surface area contributed by atoms with E-state index in [0.29, 0.717) is 12.1 Å². The molecule has 0 aliphatic carbocycles. The van der Waals surface area contributed by atoms with E-state index in [0.717, 1.165) is 30.7 Å². The Bertz CT molecular complexity index is 964. The Morgan fingerprint density at radius 1 is 1.13 bits per heavy atom. The lowest BCUT2D eigenvalue weighted by Crippen LogP contribution is -2.44. The van der Waals surface area contributed by atoms with Gasteiger partial charge < -0.3 is 19.1 Å². The van der Waals surface area contributed by atoms with Gasteiger partial charge in [0.2, 0.25) is 0 Å². The minimum absolute atomic E-state index is 0.0145. The maximum absolute atomic E-state index is 13.1. The summed E-state index contributed by atoms with van der Waals surface area (Å²) in [5, 5.41) is 2.79. The Labute approximate surface area is 176 Å². The number of ether oxygens (including phenoxy) is 1. The Kier molecular flexibility index (Phi) is 8.05. The molecule has 0 bridgehead atoms. The summed E-state index contributed by atoms with van der Waals surface area (Å²) in [7, 11) is -2.80. The molecule has 0 fully saturated rings. The highest BCUT2D eigenvalue weighted by atomic mass is 32.2. The normalized spacial score (nSPS) is 12.2. The average molecular weight is 439 g/mol. The number of hydrogen-bond donors (Lipinski definition) is 1. The molecular formula is C21H27FN2O5S. The minimum Gasteiger partial charge on any atom is -0.493 e. The van der Waals surface area contributed by atoms with Gasteiger partial charge in [0.05, 0.1) is 7.11 Å². The van der Waals surface area contributed by atoms with Gasteiger partial charge in [0.25, 0.3) is 0 Å². The number of rotatable bonds is 9. The van der Waals surface area contributed by atoms with Crippen molar-refractivity contribution in [2.24, 2.45) is 0 Å². The molecule has 0 aliphatic rings. The number of carbonyl (C=O) groups is 1. The molecule has 0 heterocycles. The summed E-state index contributed by atoms with van der Waals surface area (Å²) in [5.74, 6) is -0.346. The van der Waals surface area contributed by atoms with Crippen molar-refractivity contribution in [2.45, 2.75) is 44.7 Å². The fourth-order valence-electron chi connectivity index (χ4n) is 2.75. The smallest absolute Gasteiger partial charge is 0.339 e. The van der Waals surface area contributed by atoms with Gasteiger partial charge in [0.15, 0.2) is 11.5 Å². The summed E-state index contributed by atoms with van der Waals surface area (Å²) < 4.78 is 48.8. The molecule has 0 radical (unpaired) electrons. The molecule has 2 aromatic rings. The van der Waals surface area contributed by atoms with E-state index >= 15 is 0 Å². The molecule has 2 rings (SSSR count). The molecule has 0 aliphatic heterocycles. The summed E-state index contributed by atoms with van der Waals surface area (Å²) in [6.07, 6.45) is 0.760. The Hall–Kier alpha value is -2.81. The third kappa shape index (κ3) is 5.85. The third-order valence-corrected chi connectivity index (χ3v) is 5.84. The van der Waals surface area contributed by atoms with E-state index in [1.807, 2.05) is 20.8 Å². The van der Waals surface area contributed by atoms with E-state index in [1.165, 1.54) is 13.2 Å². The summed E-state index contributed by atoms with van der Waals surface area (Å²) >= 11 is 0. The fourth-order valence-corrected chi connectivity index (χ4v) is 3.68. The van der Waals surface area contributed by atoms with Crippen molar-refractivity contribution in [3.05, 3.63) is 53.8 Å². The number of amides is 2. The van der Waals surface area contributed by atoms with E-state index in [2.05, 4.69) is 5.32 Å². The van der Waals surface area contributed by atoms with Crippen molar-refractivity contribution < 1.29 is 26.5 Å². The van der Waals surface area contributed by atoms with E-state index in [4.69, 9.17) is 8.92 Å². The van der Waals surface area contributed by atoms with Gasteiger partial charge >= 0.3 is 16.1 Å². The molecular weight excluding hydrogens is 411 g/mol. The monoisotopic (exact) mass is 438 g/mol. The molecule has 0 saturated heterocycles. The van der Waals surface area contributed by atoms with E-state index in [-0.39, 0.29) is 35.0 Å². The topological polar surface area (TPSA) is 84.9 Å². The predicted octanol–water partition coefficient (Wildman–Crippen LogP) is 3.93. The van der Waals surface area contributed by atoms with E-state index in [9.17, 15) is 17.6 Å². The highest BCUT2D eigenvalue weighted by Crippen LogP contribution is 2.31. The van der Waals surface area contributed by atoms with E-state index < -0.39 is 15.9 Å². The maximum Gasteiger partial charge on any atom is 0.339 e. The van der Waals surface area contributed by atoms with Gasteiger partial charge in [-0.15, -0.1) is 0 Å². The molecule has 1 unspecified atom stereocenters. The molecule has 7 nitrogen and oxygen atoms in total. The average Bonchev–Trinajstić information content (AvgIpc) is 2.71. The van der Waals surface area contributed by atoms with Crippen LogP contribution in [0.2, 0.25) is 0 Å². The van der Waals surface area contributed by atoms with Crippen LogP contribution in [0.4, 0.5) is 9.18 Å². The largest absolute Gasteiger partial charge is 0.493 e. The molecule has 2 aromatic carbocycles. The fraction of sp³-hybridized carbons (Fsp3) is 0.381.